The van der Waals surface area contributed by atoms with E-state index in [0.29, 0.717) is 35.0 Å². The minimum atomic E-state index is -0.503. The molecule has 28 heavy (non-hydrogen) atoms. The van der Waals surface area contributed by atoms with Gasteiger partial charge in [0.1, 0.15) is 5.75 Å². The zero-order valence-electron chi connectivity index (χ0n) is 16.0. The second-order valence-corrected chi connectivity index (χ2v) is 6.76. The fourth-order valence-electron chi connectivity index (χ4n) is 2.42. The van der Waals surface area contributed by atoms with Gasteiger partial charge in [-0.15, -0.1) is 0 Å². The van der Waals surface area contributed by atoms with E-state index in [2.05, 4.69) is 10.6 Å². The van der Waals surface area contributed by atoms with E-state index in [1.807, 2.05) is 13.8 Å². The van der Waals surface area contributed by atoms with Crippen molar-refractivity contribution in [3.05, 3.63) is 54.1 Å². The van der Waals surface area contributed by atoms with E-state index in [4.69, 9.17) is 10.5 Å². The smallest absolute Gasteiger partial charge is 0.248 e. The third-order valence-corrected chi connectivity index (χ3v) is 3.78. The summed E-state index contributed by atoms with van der Waals surface area (Å²) in [4.78, 5) is 34.8. The number of carbonyl (C=O) groups is 3. The number of benzene rings is 2. The number of ether oxygens (including phenoxy) is 1. The van der Waals surface area contributed by atoms with Crippen LogP contribution in [0.5, 0.6) is 5.75 Å². The number of rotatable bonds is 9. The summed E-state index contributed by atoms with van der Waals surface area (Å²) in [6.07, 6.45) is 0.633. The van der Waals surface area contributed by atoms with E-state index < -0.39 is 5.91 Å². The van der Waals surface area contributed by atoms with Crippen LogP contribution in [0, 0.1) is 5.92 Å². The fraction of sp³-hybridized carbons (Fsp3) is 0.286. The molecule has 2 aromatic carbocycles. The molecule has 7 heteroatoms. The second kappa shape index (κ2) is 10.1. The zero-order valence-corrected chi connectivity index (χ0v) is 16.0. The lowest BCUT2D eigenvalue weighted by Gasteiger charge is -2.10. The number of nitrogens with two attached hydrogens (primary N) is 1. The Bertz CT molecular complexity index is 815. The number of carbonyl (C=O) groups excluding carboxylic acids is 3. The van der Waals surface area contributed by atoms with Crippen molar-refractivity contribution < 1.29 is 19.1 Å². The van der Waals surface area contributed by atoms with Gasteiger partial charge < -0.3 is 21.1 Å². The third kappa shape index (κ3) is 7.11. The van der Waals surface area contributed by atoms with Crippen molar-refractivity contribution >= 4 is 29.1 Å². The molecule has 148 valence electrons. The lowest BCUT2D eigenvalue weighted by Crippen LogP contribution is -2.16. The minimum absolute atomic E-state index is 0.0344. The summed E-state index contributed by atoms with van der Waals surface area (Å²) in [7, 11) is 0. The zero-order chi connectivity index (χ0) is 20.5. The van der Waals surface area contributed by atoms with Gasteiger partial charge in [-0.3, -0.25) is 14.4 Å². The molecule has 7 nitrogen and oxygen atoms in total. The number of nitrogens with one attached hydrogen (secondary N) is 2. The monoisotopic (exact) mass is 383 g/mol. The number of primary amides is 1. The number of hydrogen-bond acceptors (Lipinski definition) is 4. The van der Waals surface area contributed by atoms with Gasteiger partial charge in [-0.25, -0.2) is 0 Å². The first-order valence-corrected chi connectivity index (χ1v) is 9.06. The number of amides is 3. The molecule has 2 rings (SSSR count). The molecular formula is C21H25N3O4. The molecule has 3 amide bonds. The number of anilines is 2. The molecule has 0 unspecified atom stereocenters. The van der Waals surface area contributed by atoms with Crippen molar-refractivity contribution in [3.8, 4) is 5.75 Å². The predicted molar refractivity (Wildman–Crippen MR) is 108 cm³/mol. The van der Waals surface area contributed by atoms with E-state index in [0.717, 1.165) is 0 Å². The highest BCUT2D eigenvalue weighted by Gasteiger charge is 2.07. The van der Waals surface area contributed by atoms with Crippen LogP contribution in [-0.2, 0) is 9.59 Å². The van der Waals surface area contributed by atoms with E-state index >= 15 is 0 Å². The highest BCUT2D eigenvalue weighted by molar-refractivity contribution is 5.93. The maximum absolute atomic E-state index is 12.0. The summed E-state index contributed by atoms with van der Waals surface area (Å²) >= 11 is 0. The van der Waals surface area contributed by atoms with Crippen LogP contribution in [0.2, 0.25) is 0 Å². The van der Waals surface area contributed by atoms with Crippen LogP contribution in [0.1, 0.15) is 37.0 Å². The predicted octanol–water partition coefficient (Wildman–Crippen LogP) is 3.18. The molecule has 2 aromatic rings. The maximum Gasteiger partial charge on any atom is 0.248 e. The van der Waals surface area contributed by atoms with Crippen molar-refractivity contribution in [2.75, 3.05) is 17.2 Å². The lowest BCUT2D eigenvalue weighted by atomic mass is 10.1. The summed E-state index contributed by atoms with van der Waals surface area (Å²) in [5.41, 5.74) is 6.90. The molecule has 4 N–H and O–H groups in total. The van der Waals surface area contributed by atoms with Gasteiger partial charge in [0.25, 0.3) is 0 Å². The Morgan fingerprint density at radius 3 is 1.93 bits per heavy atom. The molecule has 0 fully saturated rings. The Labute approximate surface area is 164 Å². The van der Waals surface area contributed by atoms with Crippen molar-refractivity contribution in [2.24, 2.45) is 11.7 Å². The fourth-order valence-corrected chi connectivity index (χ4v) is 2.42. The average molecular weight is 383 g/mol. The quantitative estimate of drug-likeness (QED) is 0.617. The van der Waals surface area contributed by atoms with E-state index in [-0.39, 0.29) is 24.8 Å². The highest BCUT2D eigenvalue weighted by Crippen LogP contribution is 2.15. The van der Waals surface area contributed by atoms with Crippen LogP contribution in [-0.4, -0.2) is 24.3 Å². The Hall–Kier alpha value is -3.35. The first-order valence-electron chi connectivity index (χ1n) is 9.06. The normalized spacial score (nSPS) is 10.4. The van der Waals surface area contributed by atoms with Gasteiger partial charge in [0.05, 0.1) is 13.0 Å². The molecule has 0 heterocycles. The standard InChI is InChI=1S/C21H25N3O4/c1-14(2)13-20(26)24-17-7-5-16(6-8-17)23-19(25)11-12-28-18-9-3-15(4-10-18)21(22)27/h3-10,14H,11-13H2,1-2H3,(H2,22,27)(H,23,25)(H,24,26). The minimum Gasteiger partial charge on any atom is -0.493 e. The SMILES string of the molecule is CC(C)CC(=O)Nc1ccc(NC(=O)CCOc2ccc(C(N)=O)cc2)cc1. The molecule has 0 aliphatic carbocycles. The topological polar surface area (TPSA) is 111 Å². The molecule has 0 saturated heterocycles. The molecule has 0 atom stereocenters. The van der Waals surface area contributed by atoms with Gasteiger partial charge in [0.15, 0.2) is 0 Å². The van der Waals surface area contributed by atoms with Crippen molar-refractivity contribution in [3.63, 3.8) is 0 Å². The Balaban J connectivity index is 1.75. The average Bonchev–Trinajstić information content (AvgIpc) is 2.63. The van der Waals surface area contributed by atoms with Crippen molar-refractivity contribution in [2.45, 2.75) is 26.7 Å². The third-order valence-electron chi connectivity index (χ3n) is 3.78. The van der Waals surface area contributed by atoms with Crippen molar-refractivity contribution in [1.29, 1.82) is 0 Å². The molecule has 0 aliphatic rings. The summed E-state index contributed by atoms with van der Waals surface area (Å²) in [5.74, 6) is 0.121. The molecule has 0 aromatic heterocycles. The molecule has 0 spiro atoms. The van der Waals surface area contributed by atoms with Crippen LogP contribution in [0.4, 0.5) is 11.4 Å². The highest BCUT2D eigenvalue weighted by atomic mass is 16.5. The second-order valence-electron chi connectivity index (χ2n) is 6.76. The molecule has 0 aliphatic heterocycles. The van der Waals surface area contributed by atoms with Crippen LogP contribution < -0.4 is 21.1 Å². The van der Waals surface area contributed by atoms with Gasteiger partial charge in [-0.2, -0.15) is 0 Å². The largest absolute Gasteiger partial charge is 0.493 e. The van der Waals surface area contributed by atoms with Crippen LogP contribution in [0.3, 0.4) is 0 Å². The molecule has 0 radical (unpaired) electrons. The summed E-state index contributed by atoms with van der Waals surface area (Å²) in [6.45, 7) is 4.17. The summed E-state index contributed by atoms with van der Waals surface area (Å²) in [5, 5.41) is 5.59. The van der Waals surface area contributed by atoms with Gasteiger partial charge in [0.2, 0.25) is 17.7 Å². The lowest BCUT2D eigenvalue weighted by molar-refractivity contribution is -0.117. The Morgan fingerprint density at radius 1 is 0.893 bits per heavy atom. The first kappa shape index (κ1) is 21.0. The van der Waals surface area contributed by atoms with E-state index in [1.165, 1.54) is 0 Å². The molecule has 0 saturated carbocycles. The molecule has 0 bridgehead atoms. The van der Waals surface area contributed by atoms with Gasteiger partial charge in [-0.1, -0.05) is 13.8 Å². The van der Waals surface area contributed by atoms with Gasteiger partial charge >= 0.3 is 0 Å². The Morgan fingerprint density at radius 2 is 1.43 bits per heavy atom. The van der Waals surface area contributed by atoms with Crippen LogP contribution in [0.15, 0.2) is 48.5 Å². The summed E-state index contributed by atoms with van der Waals surface area (Å²) in [6, 6.07) is 13.3. The van der Waals surface area contributed by atoms with Gasteiger partial charge in [-0.05, 0) is 54.4 Å². The van der Waals surface area contributed by atoms with Crippen molar-refractivity contribution in [1.82, 2.24) is 0 Å². The number of hydrogen-bond donors (Lipinski definition) is 3. The summed E-state index contributed by atoms with van der Waals surface area (Å²) < 4.78 is 5.48. The van der Waals surface area contributed by atoms with Crippen LogP contribution >= 0.6 is 0 Å². The first-order chi connectivity index (χ1) is 13.3. The maximum atomic E-state index is 12.0. The van der Waals surface area contributed by atoms with E-state index in [1.54, 1.807) is 48.5 Å². The van der Waals surface area contributed by atoms with Gasteiger partial charge in [0, 0.05) is 23.4 Å². The molecular weight excluding hydrogens is 358 g/mol. The Kier molecular flexibility index (Phi) is 7.56. The van der Waals surface area contributed by atoms with Crippen LogP contribution in [0.25, 0.3) is 0 Å². The van der Waals surface area contributed by atoms with E-state index in [9.17, 15) is 14.4 Å².